The molecule has 1 atom stereocenters. The molecule has 0 amide bonds. The molecule has 1 fully saturated rings. The van der Waals surface area contributed by atoms with Crippen molar-refractivity contribution in [2.75, 3.05) is 19.6 Å². The summed E-state index contributed by atoms with van der Waals surface area (Å²) in [4.78, 5) is 2.59. The van der Waals surface area contributed by atoms with Gasteiger partial charge in [0.1, 0.15) is 5.82 Å². The Morgan fingerprint density at radius 2 is 1.85 bits per heavy atom. The minimum atomic E-state index is -0.118. The van der Waals surface area contributed by atoms with Gasteiger partial charge in [0.15, 0.2) is 0 Å². The van der Waals surface area contributed by atoms with E-state index in [1.807, 2.05) is 6.07 Å². The summed E-state index contributed by atoms with van der Waals surface area (Å²) in [6.45, 7) is 2.91. The molecule has 1 aliphatic heterocycles. The van der Waals surface area contributed by atoms with E-state index in [0.717, 1.165) is 32.4 Å². The summed E-state index contributed by atoms with van der Waals surface area (Å²) < 4.78 is 13.5. The molecule has 3 rings (SSSR count). The normalized spacial score (nSPS) is 27.9. The maximum atomic E-state index is 13.5. The molecule has 0 spiro atoms. The first-order valence-corrected chi connectivity index (χ1v) is 8.00. The average Bonchev–Trinajstić information content (AvgIpc) is 2.75. The van der Waals surface area contributed by atoms with Crippen molar-refractivity contribution in [1.82, 2.24) is 4.90 Å². The molecule has 1 heterocycles. The minimum Gasteiger partial charge on any atom is -0.328 e. The number of aryl methyl sites for hydroxylation is 1. The Morgan fingerprint density at radius 1 is 1.10 bits per heavy atom. The average molecular weight is 276 g/mol. The number of fused-ring (bicyclic) bond motifs is 1. The van der Waals surface area contributed by atoms with Crippen LogP contribution in [-0.2, 0) is 12.0 Å². The zero-order valence-electron chi connectivity index (χ0n) is 12.2. The first-order chi connectivity index (χ1) is 9.76. The Morgan fingerprint density at radius 3 is 2.55 bits per heavy atom. The van der Waals surface area contributed by atoms with Gasteiger partial charge in [0.2, 0.25) is 0 Å². The third-order valence-electron chi connectivity index (χ3n) is 5.15. The molecule has 0 saturated carbocycles. The van der Waals surface area contributed by atoms with E-state index in [4.69, 9.17) is 5.73 Å². The monoisotopic (exact) mass is 276 g/mol. The second-order valence-corrected chi connectivity index (χ2v) is 6.29. The van der Waals surface area contributed by atoms with Crippen LogP contribution in [0.15, 0.2) is 18.2 Å². The molecule has 2 N–H and O–H groups in total. The number of halogens is 1. The maximum Gasteiger partial charge on any atom is 0.123 e. The minimum absolute atomic E-state index is 0.0500. The van der Waals surface area contributed by atoms with Crippen LogP contribution in [0.2, 0.25) is 0 Å². The molecule has 110 valence electrons. The summed E-state index contributed by atoms with van der Waals surface area (Å²) >= 11 is 0. The van der Waals surface area contributed by atoms with Crippen LogP contribution >= 0.6 is 0 Å². The molecular weight excluding hydrogens is 251 g/mol. The van der Waals surface area contributed by atoms with E-state index < -0.39 is 0 Å². The highest BCUT2D eigenvalue weighted by molar-refractivity contribution is 5.37. The van der Waals surface area contributed by atoms with Gasteiger partial charge in [-0.2, -0.15) is 0 Å². The summed E-state index contributed by atoms with van der Waals surface area (Å²) in [7, 11) is 0. The lowest BCUT2D eigenvalue weighted by Gasteiger charge is -2.47. The highest BCUT2D eigenvalue weighted by atomic mass is 19.1. The van der Waals surface area contributed by atoms with Crippen LogP contribution < -0.4 is 5.73 Å². The van der Waals surface area contributed by atoms with Gasteiger partial charge in [-0.15, -0.1) is 0 Å². The van der Waals surface area contributed by atoms with Crippen molar-refractivity contribution in [3.05, 3.63) is 35.1 Å². The Bertz CT molecular complexity index is 466. The van der Waals surface area contributed by atoms with Gasteiger partial charge in [-0.1, -0.05) is 18.9 Å². The van der Waals surface area contributed by atoms with Crippen LogP contribution in [0.5, 0.6) is 0 Å². The van der Waals surface area contributed by atoms with Crippen LogP contribution in [0.4, 0.5) is 4.39 Å². The molecule has 1 aromatic carbocycles. The van der Waals surface area contributed by atoms with E-state index in [9.17, 15) is 4.39 Å². The fraction of sp³-hybridized carbons (Fsp3) is 0.647. The van der Waals surface area contributed by atoms with Crippen LogP contribution in [0.1, 0.15) is 49.7 Å². The molecule has 0 radical (unpaired) electrons. The largest absolute Gasteiger partial charge is 0.328 e. The topological polar surface area (TPSA) is 29.3 Å². The lowest BCUT2D eigenvalue weighted by atomic mass is 9.75. The first kappa shape index (κ1) is 14.0. The van der Waals surface area contributed by atoms with Crippen molar-refractivity contribution in [1.29, 1.82) is 0 Å². The molecule has 1 aromatic rings. The quantitative estimate of drug-likeness (QED) is 0.899. The highest BCUT2D eigenvalue weighted by Gasteiger charge is 2.40. The molecule has 20 heavy (non-hydrogen) atoms. The maximum absolute atomic E-state index is 13.5. The predicted octanol–water partition coefficient (Wildman–Crippen LogP) is 3.19. The Balaban J connectivity index is 2.00. The molecule has 1 aliphatic carbocycles. The number of likely N-dealkylation sites (tertiary alicyclic amines) is 1. The Labute approximate surface area is 121 Å². The number of benzene rings is 1. The number of nitrogens with zero attached hydrogens (tertiary/aromatic N) is 1. The molecule has 1 saturated heterocycles. The van der Waals surface area contributed by atoms with Gasteiger partial charge in [0.25, 0.3) is 0 Å². The smallest absolute Gasteiger partial charge is 0.123 e. The summed E-state index contributed by atoms with van der Waals surface area (Å²) in [6.07, 6.45) is 8.40. The fourth-order valence-electron chi connectivity index (χ4n) is 4.10. The van der Waals surface area contributed by atoms with Crippen LogP contribution in [0.25, 0.3) is 0 Å². The zero-order chi connectivity index (χ0) is 14.0. The van der Waals surface area contributed by atoms with Gasteiger partial charge in [-0.25, -0.2) is 4.39 Å². The van der Waals surface area contributed by atoms with Gasteiger partial charge in [-0.05, 0) is 68.5 Å². The number of hydrogen-bond donors (Lipinski definition) is 1. The van der Waals surface area contributed by atoms with Crippen molar-refractivity contribution in [3.8, 4) is 0 Å². The summed E-state index contributed by atoms with van der Waals surface area (Å²) in [5, 5.41) is 0. The molecule has 2 aliphatic rings. The third-order valence-corrected chi connectivity index (χ3v) is 5.15. The molecule has 0 bridgehead atoms. The zero-order valence-corrected chi connectivity index (χ0v) is 12.2. The number of hydrogen-bond acceptors (Lipinski definition) is 2. The molecule has 0 aromatic heterocycles. The van der Waals surface area contributed by atoms with E-state index in [0.29, 0.717) is 6.54 Å². The fourth-order valence-corrected chi connectivity index (χ4v) is 4.10. The Kier molecular flexibility index (Phi) is 4.08. The summed E-state index contributed by atoms with van der Waals surface area (Å²) in [5.41, 5.74) is 8.65. The summed E-state index contributed by atoms with van der Waals surface area (Å²) in [6, 6.07) is 5.31. The highest BCUT2D eigenvalue weighted by Crippen LogP contribution is 2.40. The lowest BCUT2D eigenvalue weighted by Crippen LogP contribution is -2.53. The first-order valence-electron chi connectivity index (χ1n) is 8.00. The molecule has 3 heteroatoms. The SMILES string of the molecule is NCC1(N2CCCCCC2)CCCc2cc(F)ccc21. The molecule has 2 nitrogen and oxygen atoms in total. The second kappa shape index (κ2) is 5.82. The van der Waals surface area contributed by atoms with Gasteiger partial charge in [-0.3, -0.25) is 4.90 Å². The van der Waals surface area contributed by atoms with Crippen molar-refractivity contribution in [2.24, 2.45) is 5.73 Å². The molecular formula is C17H25FN2. The van der Waals surface area contributed by atoms with Crippen molar-refractivity contribution in [3.63, 3.8) is 0 Å². The summed E-state index contributed by atoms with van der Waals surface area (Å²) in [5.74, 6) is -0.118. The number of rotatable bonds is 2. The van der Waals surface area contributed by atoms with E-state index in [2.05, 4.69) is 4.90 Å². The van der Waals surface area contributed by atoms with Gasteiger partial charge < -0.3 is 5.73 Å². The van der Waals surface area contributed by atoms with Crippen LogP contribution in [0.3, 0.4) is 0 Å². The second-order valence-electron chi connectivity index (χ2n) is 6.29. The van der Waals surface area contributed by atoms with E-state index in [1.54, 1.807) is 12.1 Å². The third kappa shape index (κ3) is 2.38. The molecule has 1 unspecified atom stereocenters. The van der Waals surface area contributed by atoms with Gasteiger partial charge >= 0.3 is 0 Å². The number of nitrogens with two attached hydrogens (primary N) is 1. The van der Waals surface area contributed by atoms with Gasteiger partial charge in [0.05, 0.1) is 5.54 Å². The predicted molar refractivity (Wildman–Crippen MR) is 80.1 cm³/mol. The van der Waals surface area contributed by atoms with E-state index >= 15 is 0 Å². The van der Waals surface area contributed by atoms with Crippen molar-refractivity contribution < 1.29 is 4.39 Å². The lowest BCUT2D eigenvalue weighted by molar-refractivity contribution is 0.0775. The van der Waals surface area contributed by atoms with E-state index in [-0.39, 0.29) is 11.4 Å². The standard InChI is InChI=1S/C17H25FN2/c18-15-7-8-16-14(12-15)6-5-9-17(16,13-19)20-10-3-1-2-4-11-20/h7-8,12H,1-6,9-11,13,19H2. The van der Waals surface area contributed by atoms with Crippen molar-refractivity contribution in [2.45, 2.75) is 50.5 Å². The van der Waals surface area contributed by atoms with E-state index in [1.165, 1.54) is 36.8 Å². The van der Waals surface area contributed by atoms with Crippen LogP contribution in [-0.4, -0.2) is 24.5 Å². The van der Waals surface area contributed by atoms with Gasteiger partial charge in [0, 0.05) is 6.54 Å². The van der Waals surface area contributed by atoms with Crippen LogP contribution in [0, 0.1) is 5.82 Å². The van der Waals surface area contributed by atoms with Crippen molar-refractivity contribution >= 4 is 0 Å². The Hall–Kier alpha value is -0.930.